The molecule has 7 heteroatoms. The molecule has 1 aliphatic heterocycles. The van der Waals surface area contributed by atoms with Crippen LogP contribution < -0.4 is 20.1 Å². The molecule has 0 fully saturated rings. The molecule has 3 amide bonds. The zero-order valence-electron chi connectivity index (χ0n) is 15.1. The summed E-state index contributed by atoms with van der Waals surface area (Å²) in [6.45, 7) is 3.47. The van der Waals surface area contributed by atoms with E-state index in [0.29, 0.717) is 31.3 Å². The summed E-state index contributed by atoms with van der Waals surface area (Å²) in [7, 11) is 0. The minimum atomic E-state index is -0.571. The number of benzene rings is 2. The molecule has 142 valence electrons. The molecule has 0 saturated carbocycles. The van der Waals surface area contributed by atoms with Gasteiger partial charge >= 0.3 is 6.03 Å². The lowest BCUT2D eigenvalue weighted by molar-refractivity contribution is -0.119. The Labute approximate surface area is 162 Å². The lowest BCUT2D eigenvalue weighted by Crippen LogP contribution is -2.41. The van der Waals surface area contributed by atoms with Crippen molar-refractivity contribution < 1.29 is 19.1 Å². The maximum atomic E-state index is 12.7. The van der Waals surface area contributed by atoms with Crippen molar-refractivity contribution >= 4 is 23.7 Å². The van der Waals surface area contributed by atoms with Gasteiger partial charge in [-0.1, -0.05) is 30.3 Å². The van der Waals surface area contributed by atoms with Gasteiger partial charge in [-0.3, -0.25) is 10.1 Å². The van der Waals surface area contributed by atoms with Crippen LogP contribution in [0.25, 0.3) is 0 Å². The van der Waals surface area contributed by atoms with Gasteiger partial charge in [0.25, 0.3) is 0 Å². The number of urea groups is 1. The van der Waals surface area contributed by atoms with Crippen LogP contribution in [0.2, 0.25) is 0 Å². The van der Waals surface area contributed by atoms with Crippen molar-refractivity contribution in [3.8, 4) is 11.5 Å². The molecule has 0 radical (unpaired) electrons. The SMILES string of the molecule is CCNC(=O)NC(=O)C(Sc1ccc2c(c1)OCCCO2)c1ccccc1. The third-order valence-electron chi connectivity index (χ3n) is 3.89. The molecule has 6 nitrogen and oxygen atoms in total. The number of imide groups is 1. The van der Waals surface area contributed by atoms with Crippen LogP contribution in [0.4, 0.5) is 4.79 Å². The first-order chi connectivity index (χ1) is 13.2. The standard InChI is InChI=1S/C20H22N2O4S/c1-2-21-20(24)22-19(23)18(14-7-4-3-5-8-14)27-15-9-10-16-17(13-15)26-12-6-11-25-16/h3-5,7-10,13,18H,2,6,11-12H2,1H3,(H2,21,22,23,24). The predicted molar refractivity (Wildman–Crippen MR) is 104 cm³/mol. The van der Waals surface area contributed by atoms with Crippen molar-refractivity contribution in [2.45, 2.75) is 23.5 Å². The number of carbonyl (C=O) groups excluding carboxylic acids is 2. The smallest absolute Gasteiger partial charge is 0.321 e. The van der Waals surface area contributed by atoms with Crippen molar-refractivity contribution in [2.24, 2.45) is 0 Å². The number of hydrogen-bond donors (Lipinski definition) is 2. The molecule has 0 bridgehead atoms. The molecule has 1 atom stereocenters. The first-order valence-corrected chi connectivity index (χ1v) is 9.75. The van der Waals surface area contributed by atoms with E-state index in [-0.39, 0.29) is 5.91 Å². The minimum absolute atomic E-state index is 0.371. The van der Waals surface area contributed by atoms with Gasteiger partial charge in [0.1, 0.15) is 5.25 Å². The normalized spacial score (nSPS) is 14.0. The van der Waals surface area contributed by atoms with Crippen molar-refractivity contribution in [1.82, 2.24) is 10.6 Å². The Morgan fingerprint density at radius 1 is 1.07 bits per heavy atom. The van der Waals surface area contributed by atoms with Gasteiger partial charge in [0.2, 0.25) is 5.91 Å². The van der Waals surface area contributed by atoms with E-state index >= 15 is 0 Å². The van der Waals surface area contributed by atoms with E-state index in [1.165, 1.54) is 11.8 Å². The summed E-state index contributed by atoms with van der Waals surface area (Å²) in [6.07, 6.45) is 0.832. The van der Waals surface area contributed by atoms with Gasteiger partial charge in [-0.25, -0.2) is 4.79 Å². The van der Waals surface area contributed by atoms with Crippen molar-refractivity contribution in [3.63, 3.8) is 0 Å². The lowest BCUT2D eigenvalue weighted by Gasteiger charge is -2.17. The first-order valence-electron chi connectivity index (χ1n) is 8.87. The van der Waals surface area contributed by atoms with Gasteiger partial charge in [0.15, 0.2) is 11.5 Å². The second-order valence-electron chi connectivity index (χ2n) is 5.92. The monoisotopic (exact) mass is 386 g/mol. The van der Waals surface area contributed by atoms with Crippen molar-refractivity contribution in [2.75, 3.05) is 19.8 Å². The highest BCUT2D eigenvalue weighted by Gasteiger charge is 2.24. The number of carbonyl (C=O) groups is 2. The quantitative estimate of drug-likeness (QED) is 0.769. The molecule has 1 unspecified atom stereocenters. The van der Waals surface area contributed by atoms with Crippen LogP contribution in [0.1, 0.15) is 24.2 Å². The average Bonchev–Trinajstić information content (AvgIpc) is 2.91. The largest absolute Gasteiger partial charge is 0.490 e. The van der Waals surface area contributed by atoms with Crippen LogP contribution in [0.3, 0.4) is 0 Å². The zero-order valence-corrected chi connectivity index (χ0v) is 15.9. The second-order valence-corrected chi connectivity index (χ2v) is 7.09. The Bertz CT molecular complexity index is 798. The fourth-order valence-corrected chi connectivity index (χ4v) is 3.69. The number of thioether (sulfide) groups is 1. The van der Waals surface area contributed by atoms with Gasteiger partial charge < -0.3 is 14.8 Å². The molecular formula is C20H22N2O4S. The van der Waals surface area contributed by atoms with Gasteiger partial charge in [-0.05, 0) is 30.7 Å². The molecule has 2 aromatic carbocycles. The number of fused-ring (bicyclic) bond motifs is 1. The molecule has 2 aromatic rings. The highest BCUT2D eigenvalue weighted by atomic mass is 32.2. The summed E-state index contributed by atoms with van der Waals surface area (Å²) in [5.41, 5.74) is 0.816. The fraction of sp³-hybridized carbons (Fsp3) is 0.300. The van der Waals surface area contributed by atoms with E-state index in [1.807, 2.05) is 48.5 Å². The van der Waals surface area contributed by atoms with E-state index in [4.69, 9.17) is 9.47 Å². The zero-order chi connectivity index (χ0) is 19.1. The fourth-order valence-electron chi connectivity index (χ4n) is 2.64. The van der Waals surface area contributed by atoms with Gasteiger partial charge in [-0.2, -0.15) is 0 Å². The third-order valence-corrected chi connectivity index (χ3v) is 5.14. The van der Waals surface area contributed by atoms with Crippen LogP contribution in [-0.2, 0) is 4.79 Å². The average molecular weight is 386 g/mol. The minimum Gasteiger partial charge on any atom is -0.490 e. The molecule has 2 N–H and O–H groups in total. The van der Waals surface area contributed by atoms with Crippen LogP contribution in [0.15, 0.2) is 53.4 Å². The summed E-state index contributed by atoms with van der Waals surface area (Å²) < 4.78 is 11.4. The van der Waals surface area contributed by atoms with E-state index in [9.17, 15) is 9.59 Å². The van der Waals surface area contributed by atoms with E-state index < -0.39 is 11.3 Å². The topological polar surface area (TPSA) is 76.7 Å². The first kappa shape index (κ1) is 19.1. The van der Waals surface area contributed by atoms with E-state index in [2.05, 4.69) is 10.6 Å². The Morgan fingerprint density at radius 2 is 1.81 bits per heavy atom. The maximum absolute atomic E-state index is 12.7. The molecule has 27 heavy (non-hydrogen) atoms. The number of hydrogen-bond acceptors (Lipinski definition) is 5. The molecule has 1 heterocycles. The van der Waals surface area contributed by atoms with Crippen LogP contribution >= 0.6 is 11.8 Å². The summed E-state index contributed by atoms with van der Waals surface area (Å²) in [5.74, 6) is 1.01. The van der Waals surface area contributed by atoms with E-state index in [1.54, 1.807) is 6.92 Å². The predicted octanol–water partition coefficient (Wildman–Crippen LogP) is 3.53. The Balaban J connectivity index is 1.82. The molecule has 0 spiro atoms. The van der Waals surface area contributed by atoms with Crippen molar-refractivity contribution in [3.05, 3.63) is 54.1 Å². The number of ether oxygens (including phenoxy) is 2. The number of nitrogens with one attached hydrogen (secondary N) is 2. The van der Waals surface area contributed by atoms with Crippen molar-refractivity contribution in [1.29, 1.82) is 0 Å². The molecule has 0 aliphatic carbocycles. The summed E-state index contributed by atoms with van der Waals surface area (Å²) in [5, 5.41) is 4.41. The number of rotatable bonds is 5. The number of amides is 3. The Hall–Kier alpha value is -2.67. The van der Waals surface area contributed by atoms with Crippen LogP contribution in [-0.4, -0.2) is 31.7 Å². The van der Waals surface area contributed by atoms with E-state index in [0.717, 1.165) is 16.9 Å². The molecule has 0 aromatic heterocycles. The molecule has 0 saturated heterocycles. The lowest BCUT2D eigenvalue weighted by atomic mass is 10.1. The maximum Gasteiger partial charge on any atom is 0.321 e. The highest BCUT2D eigenvalue weighted by Crippen LogP contribution is 2.40. The van der Waals surface area contributed by atoms with Crippen LogP contribution in [0, 0.1) is 0 Å². The summed E-state index contributed by atoms with van der Waals surface area (Å²) >= 11 is 1.36. The summed E-state index contributed by atoms with van der Waals surface area (Å²) in [6, 6.07) is 14.5. The molecule has 3 rings (SSSR count). The van der Waals surface area contributed by atoms with Gasteiger partial charge in [-0.15, -0.1) is 11.8 Å². The molecular weight excluding hydrogens is 364 g/mol. The van der Waals surface area contributed by atoms with Crippen LogP contribution in [0.5, 0.6) is 11.5 Å². The second kappa shape index (κ2) is 9.32. The molecule has 1 aliphatic rings. The summed E-state index contributed by atoms with van der Waals surface area (Å²) in [4.78, 5) is 25.4. The third kappa shape index (κ3) is 5.17. The Kier molecular flexibility index (Phi) is 6.59. The van der Waals surface area contributed by atoms with Gasteiger partial charge in [0, 0.05) is 17.9 Å². The van der Waals surface area contributed by atoms with Gasteiger partial charge in [0.05, 0.1) is 13.2 Å². The highest BCUT2D eigenvalue weighted by molar-refractivity contribution is 8.00. The Morgan fingerprint density at radius 3 is 2.56 bits per heavy atom.